The average molecular weight is 1760 g/mol. The summed E-state index contributed by atoms with van der Waals surface area (Å²) in [5.74, 6) is 7.93. The Balaban J connectivity index is -0.000000367. The quantitative estimate of drug-likeness (QED) is 0.0273. The van der Waals surface area contributed by atoms with Crippen molar-refractivity contribution >= 4 is 0 Å². The van der Waals surface area contributed by atoms with Crippen LogP contribution in [0.15, 0.2) is 0 Å². The largest absolute Gasteiger partial charge is 0.412 e. The maximum absolute atomic E-state index is 10.5. The Hall–Kier alpha value is -1.12. The summed E-state index contributed by atoms with van der Waals surface area (Å²) in [6.07, 6.45) is 57.0. The predicted octanol–water partition coefficient (Wildman–Crippen LogP) is 8.10. The Morgan fingerprint density at radius 3 is 0.655 bits per heavy atom. The van der Waals surface area contributed by atoms with E-state index in [1.54, 1.807) is 0 Å². The highest BCUT2D eigenvalue weighted by atomic mass is 16.5. The third kappa shape index (κ3) is 90.0. The summed E-state index contributed by atoms with van der Waals surface area (Å²) in [5, 5.41) is 141. The zero-order chi connectivity index (χ0) is 80.6. The van der Waals surface area contributed by atoms with Gasteiger partial charge in [-0.15, -0.1) is 0 Å². The molecule has 0 aliphatic carbocycles. The first-order chi connectivity index (χ1) is 52.4. The van der Waals surface area contributed by atoms with E-state index < -0.39 is 0 Å². The third-order valence-electron chi connectivity index (χ3n) is 25.5. The first-order valence-corrected chi connectivity index (χ1v) is 45.5. The zero-order valence-electron chi connectivity index (χ0n) is 78.0. The number of hydrogen-bond donors (Lipinski definition) is 15. The van der Waals surface area contributed by atoms with Gasteiger partial charge in [0.15, 0.2) is 0 Å². The van der Waals surface area contributed by atoms with Crippen molar-refractivity contribution in [2.45, 2.75) is 375 Å². The number of ether oxygens (including phenoxy) is 1. The van der Waals surface area contributed by atoms with E-state index in [4.69, 9.17) is 25.2 Å². The lowest BCUT2D eigenvalue weighted by Crippen LogP contribution is -2.22. The van der Waals surface area contributed by atoms with Gasteiger partial charge in [-0.1, -0.05) is 266 Å². The van der Waals surface area contributed by atoms with Crippen LogP contribution >= 0.6 is 0 Å². The van der Waals surface area contributed by atoms with Crippen molar-refractivity contribution in [1.29, 1.82) is 0 Å². The molecule has 0 spiro atoms. The highest BCUT2D eigenvalue weighted by Gasteiger charge is 2.30. The van der Waals surface area contributed by atoms with Gasteiger partial charge in [-0.3, -0.25) is 0 Å². The second kappa shape index (κ2) is 121. The molecule has 39 N–H and O–H groups in total. The SMILES string of the molecule is CCCC(CCO)CCCC(CCC(CCO)CCO)CCC1CCC(CCC(CCC)CCO)CCCC(CCO)CCOCCC(CCC)CCC(CCC(CCO)CCO)CCC(CCC(CCC)CCO)CCC1CCC(CCC(CCC)CCO)CCC(CCO)CCO.CO.CO.CO.CO.O.O.O.O.O.O.O.O.O.O.O.O. The summed E-state index contributed by atoms with van der Waals surface area (Å²) in [5.41, 5.74) is 0. The second-order valence-corrected chi connectivity index (χ2v) is 33.2. The lowest BCUT2D eigenvalue weighted by molar-refractivity contribution is 0.0976. The molecule has 1 saturated heterocycles. The number of aliphatic hydroxyl groups is 15. The van der Waals surface area contributed by atoms with Gasteiger partial charge in [0.2, 0.25) is 0 Å². The van der Waals surface area contributed by atoms with Crippen molar-refractivity contribution < 1.29 is 147 Å². The van der Waals surface area contributed by atoms with Crippen LogP contribution in [-0.2, 0) is 4.74 Å². The van der Waals surface area contributed by atoms with Crippen molar-refractivity contribution in [2.24, 2.45) is 94.7 Å². The molecule has 13 atom stereocenters. The van der Waals surface area contributed by atoms with Gasteiger partial charge in [0.05, 0.1) is 0 Å². The van der Waals surface area contributed by atoms with Crippen LogP contribution in [0.25, 0.3) is 0 Å². The molecule has 0 aromatic heterocycles. The van der Waals surface area contributed by atoms with Crippen LogP contribution in [0, 0.1) is 94.7 Å². The van der Waals surface area contributed by atoms with Crippen molar-refractivity contribution in [3.8, 4) is 0 Å². The summed E-state index contributed by atoms with van der Waals surface area (Å²) < 4.78 is 6.56. The number of aliphatic hydroxyl groups excluding tert-OH is 15. The zero-order valence-corrected chi connectivity index (χ0v) is 78.0. The predicted molar refractivity (Wildman–Crippen MR) is 494 cm³/mol. The minimum absolute atomic E-state index is 0. The molecular weight excluding hydrogens is 1540 g/mol. The van der Waals surface area contributed by atoms with Crippen LogP contribution in [0.4, 0.5) is 0 Å². The molecule has 1 aliphatic rings. The van der Waals surface area contributed by atoms with E-state index >= 15 is 0 Å². The molecule has 119 heavy (non-hydrogen) atoms. The van der Waals surface area contributed by atoms with Gasteiger partial charge >= 0.3 is 0 Å². The smallest absolute Gasteiger partial charge is 0.0468 e. The third-order valence-corrected chi connectivity index (χ3v) is 25.5. The van der Waals surface area contributed by atoms with Gasteiger partial charge < -0.3 is 147 Å². The molecule has 0 aromatic carbocycles. The maximum Gasteiger partial charge on any atom is 0.0468 e. The Labute approximate surface area is 727 Å². The van der Waals surface area contributed by atoms with Gasteiger partial charge in [-0.2, -0.15) is 0 Å². The van der Waals surface area contributed by atoms with E-state index in [0.717, 1.165) is 266 Å². The van der Waals surface area contributed by atoms with Gasteiger partial charge in [0, 0.05) is 114 Å². The summed E-state index contributed by atoms with van der Waals surface area (Å²) in [6.45, 7) is 15.1. The molecule has 746 valence electrons. The highest BCUT2D eigenvalue weighted by Crippen LogP contribution is 2.42. The Morgan fingerprint density at radius 2 is 0.395 bits per heavy atom. The minimum atomic E-state index is 0. The maximum atomic E-state index is 10.5. The molecule has 0 radical (unpaired) electrons. The van der Waals surface area contributed by atoms with Gasteiger partial charge in [-0.25, -0.2) is 0 Å². The van der Waals surface area contributed by atoms with E-state index in [1.807, 2.05) is 0 Å². The molecule has 1 heterocycles. The van der Waals surface area contributed by atoms with Crippen LogP contribution in [0.3, 0.4) is 0 Å². The summed E-state index contributed by atoms with van der Waals surface area (Å²) in [6, 6.07) is 0. The van der Waals surface area contributed by atoms with Crippen molar-refractivity contribution in [3.63, 3.8) is 0 Å². The fourth-order valence-corrected chi connectivity index (χ4v) is 18.9. The van der Waals surface area contributed by atoms with Crippen molar-refractivity contribution in [3.05, 3.63) is 0 Å². The standard InChI is InChI=1S/C87H174O12.4CH4O.12H2O/c1-6-13-72(46-59-88)18-11-19-78(27-35-83(51-64-93)52-65-94)39-43-86-42-38-77(26-22-73(14-7-2)47-60-89)20-12-21-79(50-63-92)58-71-99-70-57-76(17-10-5)25-30-80(33-36-84(53-66-95)54-67-96)31-32-81(28-23-74(15-8-3)48-61-90)40-44-87(86)45-41-82(29-24-75(16-9-4)49-62-91)34-37-85(55-68-97)56-69-98;4*1-2;;;;;;;;;;;;/h72-98H,6-71H2,1-5H3;4*2H,1H3;12*1H2. The Kier molecular flexibility index (Phi) is 158. The van der Waals surface area contributed by atoms with Crippen LogP contribution < -0.4 is 0 Å². The van der Waals surface area contributed by atoms with Gasteiger partial charge in [0.1, 0.15) is 0 Å². The van der Waals surface area contributed by atoms with E-state index in [1.165, 1.54) is 116 Å². The monoisotopic (exact) mass is 1760 g/mol. The van der Waals surface area contributed by atoms with E-state index in [2.05, 4.69) is 34.6 Å². The molecule has 0 aromatic rings. The first-order valence-electron chi connectivity index (χ1n) is 45.5. The lowest BCUT2D eigenvalue weighted by atomic mass is 9.72. The van der Waals surface area contributed by atoms with Crippen LogP contribution in [0.5, 0.6) is 0 Å². The molecule has 1 fully saturated rings. The molecular formula is C91H214O28. The average Bonchev–Trinajstić information content (AvgIpc) is 0.976. The molecule has 1 aliphatic heterocycles. The fraction of sp³-hybridized carbons (Fsp3) is 1.00. The fourth-order valence-electron chi connectivity index (χ4n) is 18.9. The van der Waals surface area contributed by atoms with Crippen molar-refractivity contribution in [2.75, 3.05) is 114 Å². The molecule has 0 saturated carbocycles. The minimum Gasteiger partial charge on any atom is -0.412 e. The molecule has 28 heteroatoms. The molecule has 28 nitrogen and oxygen atoms in total. The van der Waals surface area contributed by atoms with E-state index in [-0.39, 0.29) is 138 Å². The second-order valence-electron chi connectivity index (χ2n) is 33.2. The summed E-state index contributed by atoms with van der Waals surface area (Å²) in [7, 11) is 4.00. The van der Waals surface area contributed by atoms with Crippen LogP contribution in [-0.4, -0.2) is 257 Å². The summed E-state index contributed by atoms with van der Waals surface area (Å²) in [4.78, 5) is 0. The Bertz CT molecular complexity index is 1610. The molecule has 0 amide bonds. The number of hydrogen-bond acceptors (Lipinski definition) is 16. The van der Waals surface area contributed by atoms with Crippen LogP contribution in [0.1, 0.15) is 375 Å². The van der Waals surface area contributed by atoms with E-state index in [0.29, 0.717) is 94.7 Å². The molecule has 1 rings (SSSR count). The normalized spacial score (nSPS) is 18.7. The van der Waals surface area contributed by atoms with E-state index in [9.17, 15) is 56.2 Å². The summed E-state index contributed by atoms with van der Waals surface area (Å²) >= 11 is 0. The molecule has 0 bridgehead atoms. The van der Waals surface area contributed by atoms with Gasteiger partial charge in [0.25, 0.3) is 0 Å². The van der Waals surface area contributed by atoms with Crippen LogP contribution in [0.2, 0.25) is 0 Å². The first kappa shape index (κ1) is 155. The van der Waals surface area contributed by atoms with Crippen molar-refractivity contribution in [1.82, 2.24) is 0 Å². The van der Waals surface area contributed by atoms with Gasteiger partial charge in [-0.05, 0) is 204 Å². The lowest BCUT2D eigenvalue weighted by Gasteiger charge is -2.34. The Morgan fingerprint density at radius 1 is 0.193 bits per heavy atom. The topological polar surface area (TPSA) is 691 Å². The highest BCUT2D eigenvalue weighted by molar-refractivity contribution is 4.82. The number of rotatable bonds is 60. The molecule has 13 unspecified atom stereocenters.